The second kappa shape index (κ2) is 6.38. The zero-order valence-corrected chi connectivity index (χ0v) is 13.7. The van der Waals surface area contributed by atoms with E-state index in [9.17, 15) is 4.79 Å². The molecule has 1 N–H and O–H groups in total. The molecule has 0 bridgehead atoms. The molecule has 0 unspecified atom stereocenters. The fraction of sp³-hybridized carbons (Fsp3) is 0. The lowest BCUT2D eigenvalue weighted by Crippen LogP contribution is -2.10. The first-order chi connectivity index (χ1) is 11.8. The molecule has 0 radical (unpaired) electrons. The minimum atomic E-state index is -0.408. The van der Waals surface area contributed by atoms with Gasteiger partial charge in [0.15, 0.2) is 4.34 Å². The van der Waals surface area contributed by atoms with Crippen molar-refractivity contribution in [1.82, 2.24) is 20.3 Å². The smallest absolute Gasteiger partial charge is 0.296 e. The van der Waals surface area contributed by atoms with Crippen LogP contribution in [0, 0.1) is 0 Å². The number of para-hydroxylation sites is 1. The minimum absolute atomic E-state index is 0.125. The van der Waals surface area contributed by atoms with Crippen molar-refractivity contribution in [1.29, 1.82) is 0 Å². The van der Waals surface area contributed by atoms with Crippen molar-refractivity contribution < 1.29 is 9.32 Å². The van der Waals surface area contributed by atoms with Gasteiger partial charge in [-0.25, -0.2) is 0 Å². The van der Waals surface area contributed by atoms with Gasteiger partial charge in [0.05, 0.1) is 11.7 Å². The zero-order chi connectivity index (χ0) is 16.4. The number of fused-ring (bicyclic) bond motifs is 1. The highest BCUT2D eigenvalue weighted by atomic mass is 32.2. The predicted molar refractivity (Wildman–Crippen MR) is 90.2 cm³/mol. The van der Waals surface area contributed by atoms with Crippen LogP contribution >= 0.6 is 23.1 Å². The average molecular weight is 355 g/mol. The van der Waals surface area contributed by atoms with E-state index in [-0.39, 0.29) is 5.76 Å². The molecule has 9 heteroatoms. The van der Waals surface area contributed by atoms with Gasteiger partial charge < -0.3 is 4.52 Å². The quantitative estimate of drug-likeness (QED) is 0.560. The van der Waals surface area contributed by atoms with Crippen LogP contribution < -0.4 is 5.32 Å². The molecule has 0 spiro atoms. The van der Waals surface area contributed by atoms with Crippen molar-refractivity contribution in [2.24, 2.45) is 0 Å². The summed E-state index contributed by atoms with van der Waals surface area (Å²) in [6.07, 6.45) is 3.17. The maximum absolute atomic E-state index is 11.9. The summed E-state index contributed by atoms with van der Waals surface area (Å²) in [5.74, 6) is -0.283. The SMILES string of the molecule is O=C(Nc1nnc(Sc2ccnc3ccccc23)s1)c1ccno1. The normalized spacial score (nSPS) is 10.8. The molecule has 0 aliphatic rings. The fourth-order valence-electron chi connectivity index (χ4n) is 2.05. The Balaban J connectivity index is 1.54. The molecule has 4 aromatic rings. The summed E-state index contributed by atoms with van der Waals surface area (Å²) in [5.41, 5.74) is 0.922. The summed E-state index contributed by atoms with van der Waals surface area (Å²) >= 11 is 2.77. The van der Waals surface area contributed by atoms with Crippen LogP contribution in [0.4, 0.5) is 5.13 Å². The van der Waals surface area contributed by atoms with E-state index in [0.29, 0.717) is 5.13 Å². The molecular weight excluding hydrogens is 346 g/mol. The molecular formula is C15H9N5O2S2. The van der Waals surface area contributed by atoms with E-state index < -0.39 is 5.91 Å². The standard InChI is InChI=1S/C15H9N5O2S2/c21-13(11-5-8-17-22-11)18-14-19-20-15(24-14)23-12-6-7-16-10-4-2-1-3-9(10)12/h1-8H,(H,18,19,21). The van der Waals surface area contributed by atoms with Crippen molar-refractivity contribution in [3.63, 3.8) is 0 Å². The van der Waals surface area contributed by atoms with Crippen molar-refractivity contribution in [3.8, 4) is 0 Å². The van der Waals surface area contributed by atoms with Crippen LogP contribution in [0.3, 0.4) is 0 Å². The lowest BCUT2D eigenvalue weighted by atomic mass is 10.2. The van der Waals surface area contributed by atoms with Crippen LogP contribution in [-0.2, 0) is 0 Å². The Morgan fingerprint density at radius 2 is 2.04 bits per heavy atom. The number of carbonyl (C=O) groups excluding carboxylic acids is 1. The van der Waals surface area contributed by atoms with Crippen molar-refractivity contribution in [2.45, 2.75) is 9.24 Å². The molecule has 0 aliphatic heterocycles. The summed E-state index contributed by atoms with van der Waals surface area (Å²) < 4.78 is 5.52. The summed E-state index contributed by atoms with van der Waals surface area (Å²) in [7, 11) is 0. The topological polar surface area (TPSA) is 93.8 Å². The highest BCUT2D eigenvalue weighted by Crippen LogP contribution is 2.35. The number of aromatic nitrogens is 4. The fourth-order valence-corrected chi connectivity index (χ4v) is 3.87. The maximum atomic E-state index is 11.9. The van der Waals surface area contributed by atoms with E-state index >= 15 is 0 Å². The second-order valence-electron chi connectivity index (χ2n) is 4.63. The van der Waals surface area contributed by atoms with Crippen LogP contribution in [-0.4, -0.2) is 26.2 Å². The lowest BCUT2D eigenvalue weighted by Gasteiger charge is -2.02. The van der Waals surface area contributed by atoms with Gasteiger partial charge in [-0.2, -0.15) is 0 Å². The lowest BCUT2D eigenvalue weighted by molar-refractivity contribution is 0.0988. The Morgan fingerprint density at radius 3 is 2.92 bits per heavy atom. The number of carbonyl (C=O) groups is 1. The second-order valence-corrected chi connectivity index (χ2v) is 6.90. The molecule has 0 saturated heterocycles. The molecule has 1 aromatic carbocycles. The number of hydrogen-bond acceptors (Lipinski definition) is 8. The monoisotopic (exact) mass is 355 g/mol. The van der Waals surface area contributed by atoms with Gasteiger partial charge in [-0.15, -0.1) is 10.2 Å². The third-order valence-corrected chi connectivity index (χ3v) is 5.06. The Kier molecular flexibility index (Phi) is 3.93. The molecule has 3 heterocycles. The number of benzene rings is 1. The summed E-state index contributed by atoms with van der Waals surface area (Å²) in [6, 6.07) is 11.3. The molecule has 24 heavy (non-hydrogen) atoms. The minimum Gasteiger partial charge on any atom is -0.351 e. The third-order valence-electron chi connectivity index (χ3n) is 3.09. The number of anilines is 1. The van der Waals surface area contributed by atoms with Gasteiger partial charge in [0.1, 0.15) is 0 Å². The van der Waals surface area contributed by atoms with E-state index in [1.807, 2.05) is 30.3 Å². The van der Waals surface area contributed by atoms with Crippen LogP contribution in [0.2, 0.25) is 0 Å². The maximum Gasteiger partial charge on any atom is 0.296 e. The molecule has 4 rings (SSSR count). The third kappa shape index (κ3) is 2.99. The Morgan fingerprint density at radius 1 is 1.12 bits per heavy atom. The van der Waals surface area contributed by atoms with E-state index in [1.165, 1.54) is 35.4 Å². The number of hydrogen-bond donors (Lipinski definition) is 1. The van der Waals surface area contributed by atoms with Gasteiger partial charge in [-0.1, -0.05) is 46.5 Å². The predicted octanol–water partition coefficient (Wildman–Crippen LogP) is 3.48. The summed E-state index contributed by atoms with van der Waals surface area (Å²) in [4.78, 5) is 17.3. The average Bonchev–Trinajstić information content (AvgIpc) is 3.27. The van der Waals surface area contributed by atoms with Gasteiger partial charge >= 0.3 is 0 Å². The van der Waals surface area contributed by atoms with Gasteiger partial charge in [0.2, 0.25) is 10.9 Å². The number of rotatable bonds is 4. The molecule has 7 nitrogen and oxygen atoms in total. The molecule has 0 saturated carbocycles. The molecule has 0 atom stereocenters. The van der Waals surface area contributed by atoms with Gasteiger partial charge in [0, 0.05) is 22.5 Å². The Labute approximate surface area is 144 Å². The highest BCUT2D eigenvalue weighted by molar-refractivity contribution is 8.01. The molecule has 118 valence electrons. The van der Waals surface area contributed by atoms with Crippen LogP contribution in [0.25, 0.3) is 10.9 Å². The van der Waals surface area contributed by atoms with E-state index in [0.717, 1.165) is 20.1 Å². The molecule has 0 fully saturated rings. The Bertz CT molecular complexity index is 995. The van der Waals surface area contributed by atoms with Crippen LogP contribution in [0.1, 0.15) is 10.6 Å². The molecule has 3 aromatic heterocycles. The van der Waals surface area contributed by atoms with Gasteiger partial charge in [-0.05, 0) is 12.1 Å². The number of amides is 1. The summed E-state index contributed by atoms with van der Waals surface area (Å²) in [5, 5.41) is 15.7. The largest absolute Gasteiger partial charge is 0.351 e. The van der Waals surface area contributed by atoms with Gasteiger partial charge in [0.25, 0.3) is 5.91 Å². The highest BCUT2D eigenvalue weighted by Gasteiger charge is 2.14. The first kappa shape index (κ1) is 14.8. The first-order valence-electron chi connectivity index (χ1n) is 6.87. The molecule has 1 amide bonds. The van der Waals surface area contributed by atoms with E-state index in [2.05, 4.69) is 25.7 Å². The molecule has 0 aliphatic carbocycles. The van der Waals surface area contributed by atoms with E-state index in [1.54, 1.807) is 6.20 Å². The number of nitrogens with one attached hydrogen (secondary N) is 1. The van der Waals surface area contributed by atoms with Crippen molar-refractivity contribution >= 4 is 45.0 Å². The van der Waals surface area contributed by atoms with Crippen LogP contribution in [0.15, 0.2) is 62.6 Å². The van der Waals surface area contributed by atoms with Gasteiger partial charge in [-0.3, -0.25) is 15.1 Å². The van der Waals surface area contributed by atoms with Crippen molar-refractivity contribution in [3.05, 3.63) is 54.6 Å². The Hall–Kier alpha value is -2.78. The first-order valence-corrected chi connectivity index (χ1v) is 8.50. The number of nitrogens with zero attached hydrogens (tertiary/aromatic N) is 4. The van der Waals surface area contributed by atoms with E-state index in [4.69, 9.17) is 4.52 Å². The zero-order valence-electron chi connectivity index (χ0n) is 12.0. The summed E-state index contributed by atoms with van der Waals surface area (Å²) in [6.45, 7) is 0. The number of pyridine rings is 1. The van der Waals surface area contributed by atoms with Crippen molar-refractivity contribution in [2.75, 3.05) is 5.32 Å². The van der Waals surface area contributed by atoms with Crippen LogP contribution in [0.5, 0.6) is 0 Å².